The Bertz CT molecular complexity index is 683. The summed E-state index contributed by atoms with van der Waals surface area (Å²) in [5, 5.41) is 3.08. The van der Waals surface area contributed by atoms with Gasteiger partial charge in [-0.15, -0.1) is 0 Å². The predicted octanol–water partition coefficient (Wildman–Crippen LogP) is 2.98. The maximum absolute atomic E-state index is 12.5. The van der Waals surface area contributed by atoms with Crippen molar-refractivity contribution in [3.63, 3.8) is 0 Å². The smallest absolute Gasteiger partial charge is 0.253 e. The third kappa shape index (κ3) is 3.82. The molecule has 0 bridgehead atoms. The minimum absolute atomic E-state index is 0.00911. The molecular weight excluding hydrogens is 286 g/mol. The number of benzene rings is 1. The van der Waals surface area contributed by atoms with E-state index in [4.69, 9.17) is 0 Å². The van der Waals surface area contributed by atoms with Gasteiger partial charge in [0.1, 0.15) is 0 Å². The summed E-state index contributed by atoms with van der Waals surface area (Å²) in [6, 6.07) is 10.6. The topological polar surface area (TPSA) is 37.3 Å². The Morgan fingerprint density at radius 1 is 1.17 bits per heavy atom. The highest BCUT2D eigenvalue weighted by atomic mass is 16.1. The number of hydrogen-bond acceptors (Lipinski definition) is 2. The SMILES string of the molecule is Cc1ccc([C@H](CNC(=O)c2cc(C)n(C)c2C)N(C)C)cc1. The van der Waals surface area contributed by atoms with E-state index in [1.165, 1.54) is 11.1 Å². The van der Waals surface area contributed by atoms with Crippen LogP contribution >= 0.6 is 0 Å². The van der Waals surface area contributed by atoms with Gasteiger partial charge in [0.15, 0.2) is 0 Å². The van der Waals surface area contributed by atoms with Crippen LogP contribution in [0.1, 0.15) is 38.9 Å². The zero-order valence-electron chi connectivity index (χ0n) is 15.0. The van der Waals surface area contributed by atoms with E-state index in [0.717, 1.165) is 17.0 Å². The van der Waals surface area contributed by atoms with Gasteiger partial charge in [-0.2, -0.15) is 0 Å². The first-order valence-corrected chi connectivity index (χ1v) is 7.95. The first-order chi connectivity index (χ1) is 10.8. The van der Waals surface area contributed by atoms with Crippen LogP contribution in [0.25, 0.3) is 0 Å². The van der Waals surface area contributed by atoms with Crippen molar-refractivity contribution in [2.24, 2.45) is 7.05 Å². The summed E-state index contributed by atoms with van der Waals surface area (Å²) in [6.07, 6.45) is 0. The molecule has 0 saturated heterocycles. The quantitative estimate of drug-likeness (QED) is 0.921. The fourth-order valence-corrected chi connectivity index (χ4v) is 2.76. The van der Waals surface area contributed by atoms with E-state index in [1.807, 2.05) is 45.6 Å². The van der Waals surface area contributed by atoms with Crippen molar-refractivity contribution in [1.82, 2.24) is 14.8 Å². The number of hydrogen-bond donors (Lipinski definition) is 1. The van der Waals surface area contributed by atoms with Gasteiger partial charge in [-0.25, -0.2) is 0 Å². The number of carbonyl (C=O) groups is 1. The standard InChI is InChI=1S/C19H27N3O/c1-13-7-9-16(10-8-13)18(21(4)5)12-20-19(23)17-11-14(2)22(6)15(17)3/h7-11,18H,12H2,1-6H3,(H,20,23)/t18-/m0/s1. The number of nitrogens with zero attached hydrogens (tertiary/aromatic N) is 2. The number of likely N-dealkylation sites (N-methyl/N-ethyl adjacent to an activating group) is 1. The molecule has 0 spiro atoms. The molecule has 1 aromatic heterocycles. The van der Waals surface area contributed by atoms with Crippen molar-refractivity contribution >= 4 is 5.91 Å². The molecule has 2 rings (SSSR count). The lowest BCUT2D eigenvalue weighted by Crippen LogP contribution is -2.34. The van der Waals surface area contributed by atoms with Crippen LogP contribution in [-0.2, 0) is 7.05 Å². The first-order valence-electron chi connectivity index (χ1n) is 7.95. The second-order valence-electron chi connectivity index (χ2n) is 6.44. The van der Waals surface area contributed by atoms with Gasteiger partial charge < -0.3 is 14.8 Å². The molecule has 4 nitrogen and oxygen atoms in total. The molecule has 0 fully saturated rings. The van der Waals surface area contributed by atoms with Crippen molar-refractivity contribution < 1.29 is 4.79 Å². The average molecular weight is 313 g/mol. The van der Waals surface area contributed by atoms with Gasteiger partial charge in [-0.05, 0) is 46.5 Å². The Kier molecular flexibility index (Phi) is 5.26. The lowest BCUT2D eigenvalue weighted by molar-refractivity contribution is 0.0941. The Hall–Kier alpha value is -2.07. The number of rotatable bonds is 5. The summed E-state index contributed by atoms with van der Waals surface area (Å²) >= 11 is 0. The van der Waals surface area contributed by atoms with E-state index in [9.17, 15) is 4.79 Å². The molecule has 0 aliphatic carbocycles. The molecule has 23 heavy (non-hydrogen) atoms. The number of aryl methyl sites for hydroxylation is 2. The molecule has 0 aliphatic heterocycles. The van der Waals surface area contributed by atoms with Crippen LogP contribution in [0.15, 0.2) is 30.3 Å². The van der Waals surface area contributed by atoms with Crippen LogP contribution in [0, 0.1) is 20.8 Å². The summed E-state index contributed by atoms with van der Waals surface area (Å²) in [5.74, 6) is -0.00911. The van der Waals surface area contributed by atoms with Gasteiger partial charge in [0.25, 0.3) is 5.91 Å². The van der Waals surface area contributed by atoms with Crippen molar-refractivity contribution in [2.75, 3.05) is 20.6 Å². The van der Waals surface area contributed by atoms with Gasteiger partial charge in [-0.3, -0.25) is 4.79 Å². The molecule has 1 N–H and O–H groups in total. The van der Waals surface area contributed by atoms with E-state index >= 15 is 0 Å². The third-order valence-electron chi connectivity index (χ3n) is 4.56. The largest absolute Gasteiger partial charge is 0.351 e. The highest BCUT2D eigenvalue weighted by molar-refractivity contribution is 5.95. The van der Waals surface area contributed by atoms with E-state index in [-0.39, 0.29) is 11.9 Å². The minimum atomic E-state index is -0.00911. The van der Waals surface area contributed by atoms with Crippen molar-refractivity contribution in [3.8, 4) is 0 Å². The van der Waals surface area contributed by atoms with E-state index in [0.29, 0.717) is 6.54 Å². The van der Waals surface area contributed by atoms with Crippen molar-refractivity contribution in [3.05, 3.63) is 58.4 Å². The Morgan fingerprint density at radius 2 is 1.78 bits per heavy atom. The van der Waals surface area contributed by atoms with Crippen LogP contribution in [0.2, 0.25) is 0 Å². The van der Waals surface area contributed by atoms with Gasteiger partial charge >= 0.3 is 0 Å². The fraction of sp³-hybridized carbons (Fsp3) is 0.421. The van der Waals surface area contributed by atoms with Gasteiger partial charge in [0.05, 0.1) is 11.6 Å². The zero-order chi connectivity index (χ0) is 17.1. The molecule has 2 aromatic rings. The molecule has 124 valence electrons. The molecule has 0 radical (unpaired) electrons. The highest BCUT2D eigenvalue weighted by Crippen LogP contribution is 2.19. The minimum Gasteiger partial charge on any atom is -0.351 e. The Balaban J connectivity index is 2.11. The maximum Gasteiger partial charge on any atom is 0.253 e. The third-order valence-corrected chi connectivity index (χ3v) is 4.56. The molecule has 1 heterocycles. The molecule has 1 amide bonds. The van der Waals surface area contributed by atoms with Gasteiger partial charge in [-0.1, -0.05) is 29.8 Å². The van der Waals surface area contributed by atoms with Crippen LogP contribution in [0.5, 0.6) is 0 Å². The lowest BCUT2D eigenvalue weighted by atomic mass is 10.0. The average Bonchev–Trinajstić information content (AvgIpc) is 2.76. The Morgan fingerprint density at radius 3 is 2.26 bits per heavy atom. The van der Waals surface area contributed by atoms with Gasteiger partial charge in [0, 0.05) is 25.0 Å². The summed E-state index contributed by atoms with van der Waals surface area (Å²) in [7, 11) is 6.06. The van der Waals surface area contributed by atoms with Crippen LogP contribution in [0.3, 0.4) is 0 Å². The zero-order valence-corrected chi connectivity index (χ0v) is 15.0. The fourth-order valence-electron chi connectivity index (χ4n) is 2.76. The predicted molar refractivity (Wildman–Crippen MR) is 94.8 cm³/mol. The number of amides is 1. The molecule has 1 aromatic carbocycles. The van der Waals surface area contributed by atoms with Crippen molar-refractivity contribution in [1.29, 1.82) is 0 Å². The van der Waals surface area contributed by atoms with Crippen LogP contribution in [0.4, 0.5) is 0 Å². The summed E-state index contributed by atoms with van der Waals surface area (Å²) in [5.41, 5.74) is 5.30. The molecule has 0 saturated carbocycles. The maximum atomic E-state index is 12.5. The summed E-state index contributed by atoms with van der Waals surface area (Å²) in [4.78, 5) is 14.6. The van der Waals surface area contributed by atoms with Crippen LogP contribution in [-0.4, -0.2) is 36.0 Å². The van der Waals surface area contributed by atoms with Crippen molar-refractivity contribution in [2.45, 2.75) is 26.8 Å². The highest BCUT2D eigenvalue weighted by Gasteiger charge is 2.18. The Labute approximate surface area is 139 Å². The molecular formula is C19H27N3O. The van der Waals surface area contributed by atoms with E-state index < -0.39 is 0 Å². The van der Waals surface area contributed by atoms with E-state index in [2.05, 4.69) is 41.4 Å². The second-order valence-corrected chi connectivity index (χ2v) is 6.44. The number of nitrogens with one attached hydrogen (secondary N) is 1. The molecule has 0 unspecified atom stereocenters. The van der Waals surface area contributed by atoms with Crippen LogP contribution < -0.4 is 5.32 Å². The lowest BCUT2D eigenvalue weighted by Gasteiger charge is -2.25. The summed E-state index contributed by atoms with van der Waals surface area (Å²) in [6.45, 7) is 6.66. The monoisotopic (exact) mass is 313 g/mol. The molecule has 4 heteroatoms. The van der Waals surface area contributed by atoms with E-state index in [1.54, 1.807) is 0 Å². The number of aromatic nitrogens is 1. The molecule has 0 aliphatic rings. The first kappa shape index (κ1) is 17.3. The number of carbonyl (C=O) groups excluding carboxylic acids is 1. The normalized spacial score (nSPS) is 12.5. The molecule has 1 atom stereocenters. The van der Waals surface area contributed by atoms with Gasteiger partial charge in [0.2, 0.25) is 0 Å². The summed E-state index contributed by atoms with van der Waals surface area (Å²) < 4.78 is 2.04. The second kappa shape index (κ2) is 7.01.